The summed E-state index contributed by atoms with van der Waals surface area (Å²) in [5.41, 5.74) is 7.20. The summed E-state index contributed by atoms with van der Waals surface area (Å²) in [6.45, 7) is 4.99. The molecule has 1 aliphatic rings. The molecule has 0 bridgehead atoms. The van der Waals surface area contributed by atoms with Crippen molar-refractivity contribution in [1.29, 1.82) is 0 Å². The van der Waals surface area contributed by atoms with Gasteiger partial charge in [0.15, 0.2) is 6.61 Å². The van der Waals surface area contributed by atoms with Gasteiger partial charge in [0.1, 0.15) is 18.1 Å². The number of hydrogen-bond donors (Lipinski definition) is 2. The molecular formula is C22H26N2O5. The maximum absolute atomic E-state index is 12.2. The molecule has 0 aromatic heterocycles. The number of ether oxygens (including phenoxy) is 3. The third-order valence-corrected chi connectivity index (χ3v) is 4.58. The summed E-state index contributed by atoms with van der Waals surface area (Å²) in [7, 11) is 0. The lowest BCUT2D eigenvalue weighted by Gasteiger charge is -2.12. The quantitative estimate of drug-likeness (QED) is 0.701. The molecule has 2 N–H and O–H groups in total. The normalized spacial score (nSPS) is 15.6. The molecule has 1 fully saturated rings. The number of amides is 2. The van der Waals surface area contributed by atoms with Gasteiger partial charge in [0, 0.05) is 12.2 Å². The van der Waals surface area contributed by atoms with Gasteiger partial charge in [-0.25, -0.2) is 0 Å². The van der Waals surface area contributed by atoms with Gasteiger partial charge < -0.3 is 14.2 Å². The molecule has 2 aromatic rings. The van der Waals surface area contributed by atoms with Crippen LogP contribution in [0, 0.1) is 13.8 Å². The summed E-state index contributed by atoms with van der Waals surface area (Å²) in [6, 6.07) is 12.4. The molecule has 1 saturated heterocycles. The monoisotopic (exact) mass is 398 g/mol. The number of rotatable bonds is 7. The second kappa shape index (κ2) is 9.93. The summed E-state index contributed by atoms with van der Waals surface area (Å²) >= 11 is 0. The van der Waals surface area contributed by atoms with Crippen LogP contribution in [-0.2, 0) is 9.53 Å². The van der Waals surface area contributed by atoms with E-state index in [0.29, 0.717) is 23.7 Å². The molecule has 154 valence electrons. The van der Waals surface area contributed by atoms with Crippen molar-refractivity contribution in [2.45, 2.75) is 32.8 Å². The van der Waals surface area contributed by atoms with Crippen LogP contribution in [0.4, 0.5) is 0 Å². The lowest BCUT2D eigenvalue weighted by atomic mass is 10.1. The first kappa shape index (κ1) is 20.7. The SMILES string of the molecule is Cc1ccc(OCC(=O)NNC(=O)c2ccc(OCC3CCCO3)cc2)c(C)c1. The van der Waals surface area contributed by atoms with Crippen LogP contribution in [0.1, 0.15) is 34.3 Å². The van der Waals surface area contributed by atoms with Gasteiger partial charge >= 0.3 is 0 Å². The molecule has 0 saturated carbocycles. The third-order valence-electron chi connectivity index (χ3n) is 4.58. The number of benzene rings is 2. The van der Waals surface area contributed by atoms with Crippen molar-refractivity contribution in [3.63, 3.8) is 0 Å². The van der Waals surface area contributed by atoms with E-state index in [4.69, 9.17) is 14.2 Å². The summed E-state index contributed by atoms with van der Waals surface area (Å²) in [6.07, 6.45) is 2.21. The van der Waals surface area contributed by atoms with E-state index in [1.165, 1.54) is 0 Å². The van der Waals surface area contributed by atoms with E-state index < -0.39 is 11.8 Å². The Morgan fingerprint density at radius 3 is 2.55 bits per heavy atom. The van der Waals surface area contributed by atoms with Crippen LogP contribution in [0.5, 0.6) is 11.5 Å². The Hall–Kier alpha value is -3.06. The molecule has 0 aliphatic carbocycles. The molecule has 2 amide bonds. The van der Waals surface area contributed by atoms with E-state index >= 15 is 0 Å². The van der Waals surface area contributed by atoms with E-state index in [0.717, 1.165) is 30.6 Å². The third kappa shape index (κ3) is 6.22. The highest BCUT2D eigenvalue weighted by Crippen LogP contribution is 2.18. The number of carbonyl (C=O) groups is 2. The van der Waals surface area contributed by atoms with Crippen LogP contribution >= 0.6 is 0 Å². The van der Waals surface area contributed by atoms with E-state index in [-0.39, 0.29) is 12.7 Å². The summed E-state index contributed by atoms with van der Waals surface area (Å²) in [5, 5.41) is 0. The van der Waals surface area contributed by atoms with E-state index in [2.05, 4.69) is 10.9 Å². The molecule has 29 heavy (non-hydrogen) atoms. The van der Waals surface area contributed by atoms with Crippen LogP contribution in [0.25, 0.3) is 0 Å². The predicted molar refractivity (Wildman–Crippen MR) is 108 cm³/mol. The highest BCUT2D eigenvalue weighted by Gasteiger charge is 2.16. The van der Waals surface area contributed by atoms with Crippen molar-refractivity contribution in [3.05, 3.63) is 59.2 Å². The maximum atomic E-state index is 12.2. The molecule has 7 heteroatoms. The Labute approximate surface area is 170 Å². The van der Waals surface area contributed by atoms with Gasteiger partial charge in [-0.3, -0.25) is 20.4 Å². The summed E-state index contributed by atoms with van der Waals surface area (Å²) in [5.74, 6) is 0.434. The number of carbonyl (C=O) groups excluding carboxylic acids is 2. The zero-order chi connectivity index (χ0) is 20.6. The molecule has 7 nitrogen and oxygen atoms in total. The first-order valence-corrected chi connectivity index (χ1v) is 9.65. The maximum Gasteiger partial charge on any atom is 0.276 e. The fourth-order valence-electron chi connectivity index (χ4n) is 3.01. The average molecular weight is 398 g/mol. The van der Waals surface area contributed by atoms with Crippen molar-refractivity contribution in [3.8, 4) is 11.5 Å². The fraction of sp³-hybridized carbons (Fsp3) is 0.364. The van der Waals surface area contributed by atoms with Crippen molar-refractivity contribution in [2.75, 3.05) is 19.8 Å². The zero-order valence-electron chi connectivity index (χ0n) is 16.7. The number of hydrogen-bond acceptors (Lipinski definition) is 5. The van der Waals surface area contributed by atoms with Crippen LogP contribution in [-0.4, -0.2) is 37.7 Å². The molecule has 2 aromatic carbocycles. The van der Waals surface area contributed by atoms with Crippen LogP contribution in [0.15, 0.2) is 42.5 Å². The minimum Gasteiger partial charge on any atom is -0.491 e. The van der Waals surface area contributed by atoms with Crippen molar-refractivity contribution >= 4 is 11.8 Å². The van der Waals surface area contributed by atoms with Gasteiger partial charge in [-0.15, -0.1) is 0 Å². The highest BCUT2D eigenvalue weighted by molar-refractivity contribution is 5.95. The van der Waals surface area contributed by atoms with Gasteiger partial charge in [-0.05, 0) is 62.6 Å². The van der Waals surface area contributed by atoms with Crippen molar-refractivity contribution < 1.29 is 23.8 Å². The van der Waals surface area contributed by atoms with Gasteiger partial charge in [0.25, 0.3) is 11.8 Å². The second-order valence-electron chi connectivity index (χ2n) is 7.03. The Balaban J connectivity index is 1.40. The number of aryl methyl sites for hydroxylation is 2. The summed E-state index contributed by atoms with van der Waals surface area (Å²) < 4.78 is 16.7. The van der Waals surface area contributed by atoms with Gasteiger partial charge in [0.2, 0.25) is 0 Å². The Morgan fingerprint density at radius 2 is 1.86 bits per heavy atom. The summed E-state index contributed by atoms with van der Waals surface area (Å²) in [4.78, 5) is 24.1. The van der Waals surface area contributed by atoms with Crippen LogP contribution in [0.2, 0.25) is 0 Å². The van der Waals surface area contributed by atoms with Crippen molar-refractivity contribution in [2.24, 2.45) is 0 Å². The van der Waals surface area contributed by atoms with Gasteiger partial charge in [-0.2, -0.15) is 0 Å². The topological polar surface area (TPSA) is 85.9 Å². The van der Waals surface area contributed by atoms with Crippen molar-refractivity contribution in [1.82, 2.24) is 10.9 Å². The predicted octanol–water partition coefficient (Wildman–Crippen LogP) is 2.70. The molecule has 1 aliphatic heterocycles. The molecule has 0 spiro atoms. The molecule has 1 unspecified atom stereocenters. The van der Waals surface area contributed by atoms with E-state index in [9.17, 15) is 9.59 Å². The molecule has 3 rings (SSSR count). The molecule has 0 radical (unpaired) electrons. The lowest BCUT2D eigenvalue weighted by molar-refractivity contribution is -0.123. The first-order chi connectivity index (χ1) is 14.0. The molecule has 1 atom stereocenters. The molecular weight excluding hydrogens is 372 g/mol. The first-order valence-electron chi connectivity index (χ1n) is 9.65. The number of hydrazine groups is 1. The van der Waals surface area contributed by atoms with E-state index in [1.807, 2.05) is 32.0 Å². The smallest absolute Gasteiger partial charge is 0.276 e. The Bertz CT molecular complexity index is 845. The standard InChI is InChI=1S/C22H26N2O5/c1-15-5-10-20(16(2)12-15)29-14-21(25)23-24-22(26)17-6-8-18(9-7-17)28-13-19-4-3-11-27-19/h5-10,12,19H,3-4,11,13-14H2,1-2H3,(H,23,25)(H,24,26). The average Bonchev–Trinajstić information content (AvgIpc) is 3.24. The second-order valence-corrected chi connectivity index (χ2v) is 7.03. The fourth-order valence-corrected chi connectivity index (χ4v) is 3.01. The minimum absolute atomic E-state index is 0.138. The molecule has 1 heterocycles. The minimum atomic E-state index is -0.449. The largest absolute Gasteiger partial charge is 0.491 e. The van der Waals surface area contributed by atoms with Crippen LogP contribution < -0.4 is 20.3 Å². The Kier molecular flexibility index (Phi) is 7.08. The number of nitrogens with one attached hydrogen (secondary N) is 2. The lowest BCUT2D eigenvalue weighted by Crippen LogP contribution is -2.43. The van der Waals surface area contributed by atoms with Gasteiger partial charge in [0.05, 0.1) is 6.10 Å². The van der Waals surface area contributed by atoms with E-state index in [1.54, 1.807) is 24.3 Å². The van der Waals surface area contributed by atoms with Gasteiger partial charge in [-0.1, -0.05) is 17.7 Å². The highest BCUT2D eigenvalue weighted by atomic mass is 16.5. The Morgan fingerprint density at radius 1 is 1.07 bits per heavy atom. The van der Waals surface area contributed by atoms with Crippen LogP contribution in [0.3, 0.4) is 0 Å². The zero-order valence-corrected chi connectivity index (χ0v) is 16.7.